The Hall–Kier alpha value is -0.370. The highest BCUT2D eigenvalue weighted by atomic mass is 16.1. The van der Waals surface area contributed by atoms with E-state index in [0.717, 1.165) is 12.8 Å². The maximum absolute atomic E-state index is 10.8. The Labute approximate surface area is 62.8 Å². The van der Waals surface area contributed by atoms with Gasteiger partial charge in [0, 0.05) is 18.9 Å². The molecule has 0 saturated carbocycles. The molecule has 0 fully saturated rings. The number of rotatable bonds is 5. The topological polar surface area (TPSA) is 43.1 Å². The maximum Gasteiger partial charge on any atom is 0.132 e. The number of hydrogen-bond acceptors (Lipinski definition) is 2. The molecule has 2 nitrogen and oxygen atoms in total. The Morgan fingerprint density at radius 2 is 2.20 bits per heavy atom. The van der Waals surface area contributed by atoms with Crippen LogP contribution in [0, 0.1) is 0 Å². The van der Waals surface area contributed by atoms with E-state index in [-0.39, 0.29) is 6.04 Å². The second kappa shape index (κ2) is 5.42. The van der Waals surface area contributed by atoms with Crippen molar-refractivity contribution in [3.05, 3.63) is 0 Å². The zero-order valence-corrected chi connectivity index (χ0v) is 6.89. The van der Waals surface area contributed by atoms with Gasteiger partial charge in [-0.3, -0.25) is 4.79 Å². The third-order valence-corrected chi connectivity index (χ3v) is 1.51. The third kappa shape index (κ3) is 5.76. The first-order valence-corrected chi connectivity index (χ1v) is 3.94. The Balaban J connectivity index is 3.12. The lowest BCUT2D eigenvalue weighted by Crippen LogP contribution is -2.14. The molecule has 0 aliphatic carbocycles. The molecule has 0 aliphatic rings. The molecule has 0 heterocycles. The van der Waals surface area contributed by atoms with Crippen molar-refractivity contribution >= 4 is 5.78 Å². The average Bonchev–Trinajstić information content (AvgIpc) is 1.87. The fourth-order valence-electron chi connectivity index (χ4n) is 0.798. The minimum absolute atomic E-state index is 0.240. The van der Waals surface area contributed by atoms with E-state index in [9.17, 15) is 4.79 Å². The molecule has 2 heteroatoms. The SMILES string of the molecule is CCC(=O)CCCC(C)N. The minimum atomic E-state index is 0.240. The molecule has 0 spiro atoms. The number of hydrogen-bond donors (Lipinski definition) is 1. The van der Waals surface area contributed by atoms with E-state index in [1.807, 2.05) is 13.8 Å². The van der Waals surface area contributed by atoms with Crippen LogP contribution >= 0.6 is 0 Å². The van der Waals surface area contributed by atoms with Gasteiger partial charge in [0.2, 0.25) is 0 Å². The predicted molar refractivity (Wildman–Crippen MR) is 42.8 cm³/mol. The van der Waals surface area contributed by atoms with E-state index >= 15 is 0 Å². The molecule has 0 bridgehead atoms. The van der Waals surface area contributed by atoms with Crippen molar-refractivity contribution in [2.24, 2.45) is 5.73 Å². The molecule has 60 valence electrons. The highest BCUT2D eigenvalue weighted by Gasteiger charge is 1.98. The number of ketones is 1. The first-order valence-electron chi connectivity index (χ1n) is 3.94. The van der Waals surface area contributed by atoms with Crippen molar-refractivity contribution in [1.29, 1.82) is 0 Å². The average molecular weight is 143 g/mol. The van der Waals surface area contributed by atoms with Crippen molar-refractivity contribution in [3.63, 3.8) is 0 Å². The molecule has 1 atom stereocenters. The molecule has 2 N–H and O–H groups in total. The van der Waals surface area contributed by atoms with Crippen LogP contribution < -0.4 is 5.73 Å². The predicted octanol–water partition coefficient (Wildman–Crippen LogP) is 1.48. The van der Waals surface area contributed by atoms with E-state index in [1.165, 1.54) is 0 Å². The minimum Gasteiger partial charge on any atom is -0.328 e. The van der Waals surface area contributed by atoms with Crippen LogP contribution in [0.2, 0.25) is 0 Å². The van der Waals surface area contributed by atoms with Gasteiger partial charge in [-0.1, -0.05) is 6.92 Å². The highest BCUT2D eigenvalue weighted by molar-refractivity contribution is 5.77. The van der Waals surface area contributed by atoms with Crippen LogP contribution in [0.4, 0.5) is 0 Å². The summed E-state index contributed by atoms with van der Waals surface area (Å²) in [7, 11) is 0. The van der Waals surface area contributed by atoms with Gasteiger partial charge in [0.15, 0.2) is 0 Å². The van der Waals surface area contributed by atoms with Gasteiger partial charge in [0.25, 0.3) is 0 Å². The summed E-state index contributed by atoms with van der Waals surface area (Å²) in [6.45, 7) is 3.87. The Bertz CT molecular complexity index is 99.4. The lowest BCUT2D eigenvalue weighted by molar-refractivity contribution is -0.118. The summed E-state index contributed by atoms with van der Waals surface area (Å²) in [4.78, 5) is 10.8. The largest absolute Gasteiger partial charge is 0.328 e. The van der Waals surface area contributed by atoms with Crippen molar-refractivity contribution in [3.8, 4) is 0 Å². The summed E-state index contributed by atoms with van der Waals surface area (Å²) >= 11 is 0. The Morgan fingerprint density at radius 1 is 1.60 bits per heavy atom. The molecule has 1 unspecified atom stereocenters. The lowest BCUT2D eigenvalue weighted by atomic mass is 10.1. The molecule has 0 aliphatic heterocycles. The fraction of sp³-hybridized carbons (Fsp3) is 0.875. The van der Waals surface area contributed by atoms with Crippen LogP contribution in [-0.4, -0.2) is 11.8 Å². The number of nitrogens with two attached hydrogens (primary N) is 1. The molecule has 0 aromatic carbocycles. The summed E-state index contributed by atoms with van der Waals surface area (Å²) in [6.07, 6.45) is 3.28. The normalized spacial score (nSPS) is 13.1. The van der Waals surface area contributed by atoms with Crippen LogP contribution in [0.1, 0.15) is 39.5 Å². The first kappa shape index (κ1) is 9.63. The number of carbonyl (C=O) groups is 1. The van der Waals surface area contributed by atoms with Crippen LogP contribution in [0.5, 0.6) is 0 Å². The van der Waals surface area contributed by atoms with E-state index in [2.05, 4.69) is 0 Å². The monoisotopic (exact) mass is 143 g/mol. The summed E-state index contributed by atoms with van der Waals surface area (Å²) in [6, 6.07) is 0.240. The summed E-state index contributed by atoms with van der Waals surface area (Å²) in [5, 5.41) is 0. The van der Waals surface area contributed by atoms with E-state index in [1.54, 1.807) is 0 Å². The Morgan fingerprint density at radius 3 is 2.60 bits per heavy atom. The van der Waals surface area contributed by atoms with Crippen LogP contribution in [0.25, 0.3) is 0 Å². The summed E-state index contributed by atoms with van der Waals surface area (Å²) < 4.78 is 0. The van der Waals surface area contributed by atoms with E-state index in [0.29, 0.717) is 18.6 Å². The molecule has 0 saturated heterocycles. The quantitative estimate of drug-likeness (QED) is 0.633. The second-order valence-electron chi connectivity index (χ2n) is 2.76. The zero-order valence-electron chi connectivity index (χ0n) is 6.89. The van der Waals surface area contributed by atoms with Crippen LogP contribution in [0.15, 0.2) is 0 Å². The molecule has 0 amide bonds. The molecule has 0 aromatic heterocycles. The lowest BCUT2D eigenvalue weighted by Gasteiger charge is -2.02. The van der Waals surface area contributed by atoms with Crippen molar-refractivity contribution in [2.45, 2.75) is 45.6 Å². The number of carbonyl (C=O) groups excluding carboxylic acids is 1. The summed E-state index contributed by atoms with van der Waals surface area (Å²) in [5.74, 6) is 0.348. The fourth-order valence-corrected chi connectivity index (χ4v) is 0.798. The van der Waals surface area contributed by atoms with Gasteiger partial charge in [-0.25, -0.2) is 0 Å². The third-order valence-electron chi connectivity index (χ3n) is 1.51. The maximum atomic E-state index is 10.8. The van der Waals surface area contributed by atoms with Crippen LogP contribution in [-0.2, 0) is 4.79 Å². The molecule has 0 aromatic rings. The van der Waals surface area contributed by atoms with E-state index < -0.39 is 0 Å². The molecular formula is C8H17NO. The molecular weight excluding hydrogens is 126 g/mol. The smallest absolute Gasteiger partial charge is 0.132 e. The van der Waals surface area contributed by atoms with Crippen molar-refractivity contribution < 1.29 is 4.79 Å². The van der Waals surface area contributed by atoms with Crippen molar-refractivity contribution in [2.75, 3.05) is 0 Å². The molecule has 0 rings (SSSR count). The standard InChI is InChI=1S/C8H17NO/c1-3-8(10)6-4-5-7(2)9/h7H,3-6,9H2,1-2H3. The van der Waals surface area contributed by atoms with Gasteiger partial charge in [0.1, 0.15) is 5.78 Å². The first-order chi connectivity index (χ1) is 4.66. The summed E-state index contributed by atoms with van der Waals surface area (Å²) in [5.41, 5.74) is 5.51. The van der Waals surface area contributed by atoms with E-state index in [4.69, 9.17) is 5.73 Å². The van der Waals surface area contributed by atoms with Gasteiger partial charge in [-0.15, -0.1) is 0 Å². The number of Topliss-reactive ketones (excluding diaryl/α,β-unsaturated/α-hetero) is 1. The molecule has 0 radical (unpaired) electrons. The zero-order chi connectivity index (χ0) is 7.98. The van der Waals surface area contributed by atoms with Gasteiger partial charge in [-0.05, 0) is 19.8 Å². The van der Waals surface area contributed by atoms with Gasteiger partial charge in [-0.2, -0.15) is 0 Å². The highest BCUT2D eigenvalue weighted by Crippen LogP contribution is 2.00. The van der Waals surface area contributed by atoms with Gasteiger partial charge < -0.3 is 5.73 Å². The molecule has 10 heavy (non-hydrogen) atoms. The van der Waals surface area contributed by atoms with Gasteiger partial charge in [0.05, 0.1) is 0 Å². The van der Waals surface area contributed by atoms with Crippen molar-refractivity contribution in [1.82, 2.24) is 0 Å². The second-order valence-corrected chi connectivity index (χ2v) is 2.76. The Kier molecular flexibility index (Phi) is 5.22. The van der Waals surface area contributed by atoms with Crippen LogP contribution in [0.3, 0.4) is 0 Å². The van der Waals surface area contributed by atoms with Gasteiger partial charge >= 0.3 is 0 Å².